The Bertz CT molecular complexity index is 414. The van der Waals surface area contributed by atoms with Gasteiger partial charge in [-0.05, 0) is 24.6 Å². The Balaban J connectivity index is 2.55. The molecule has 0 heterocycles. The first kappa shape index (κ1) is 12.8. The third kappa shape index (κ3) is 4.06. The van der Waals surface area contributed by atoms with Gasteiger partial charge in [-0.2, -0.15) is 0 Å². The minimum atomic E-state index is -0.330. The van der Waals surface area contributed by atoms with E-state index in [1.165, 1.54) is 21.6 Å². The van der Waals surface area contributed by atoms with Gasteiger partial charge in [-0.25, -0.2) is 0 Å². The average Bonchev–Trinajstić information content (AvgIpc) is 2.28. The average molecular weight is 254 g/mol. The molecule has 2 N–H and O–H groups in total. The first-order valence-electron chi connectivity index (χ1n) is 4.41. The normalized spacial score (nSPS) is 11.6. The van der Waals surface area contributed by atoms with Crippen LogP contribution in [0.25, 0.3) is 10.4 Å². The molecule has 0 aliphatic rings. The first-order chi connectivity index (χ1) is 7.63. The molecule has 0 radical (unpaired) electrons. The van der Waals surface area contributed by atoms with Crippen molar-refractivity contribution in [3.8, 4) is 0 Å². The maximum absolute atomic E-state index is 10.8. The third-order valence-corrected chi connectivity index (χ3v) is 4.50. The van der Waals surface area contributed by atoms with Crippen LogP contribution in [0.5, 0.6) is 0 Å². The lowest BCUT2D eigenvalue weighted by Crippen LogP contribution is -2.21. The summed E-state index contributed by atoms with van der Waals surface area (Å²) in [4.78, 5) is 14.5. The molecule has 1 unspecified atom stereocenters. The minimum Gasteiger partial charge on any atom is -0.369 e. The van der Waals surface area contributed by atoms with E-state index in [4.69, 9.17) is 11.3 Å². The van der Waals surface area contributed by atoms with Gasteiger partial charge in [-0.15, -0.1) is 0 Å². The van der Waals surface area contributed by atoms with Crippen molar-refractivity contribution in [2.75, 3.05) is 0 Å². The Labute approximate surface area is 101 Å². The van der Waals surface area contributed by atoms with Gasteiger partial charge in [0.25, 0.3) is 0 Å². The van der Waals surface area contributed by atoms with Crippen molar-refractivity contribution < 1.29 is 4.79 Å². The van der Waals surface area contributed by atoms with Crippen molar-refractivity contribution in [3.63, 3.8) is 0 Å². The van der Waals surface area contributed by atoms with Crippen molar-refractivity contribution in [1.29, 1.82) is 0 Å². The van der Waals surface area contributed by atoms with Crippen LogP contribution in [-0.2, 0) is 4.79 Å². The van der Waals surface area contributed by atoms with Crippen LogP contribution in [-0.4, -0.2) is 11.2 Å². The summed E-state index contributed by atoms with van der Waals surface area (Å²) in [7, 11) is 2.86. The Morgan fingerprint density at radius 1 is 1.50 bits per heavy atom. The molecule has 0 spiro atoms. The number of nitrogens with zero attached hydrogens (tertiary/aromatic N) is 3. The quantitative estimate of drug-likeness (QED) is 0.378. The second kappa shape index (κ2) is 6.32. The monoisotopic (exact) mass is 254 g/mol. The summed E-state index contributed by atoms with van der Waals surface area (Å²) in [6, 6.07) is 7.10. The Morgan fingerprint density at radius 2 is 2.12 bits per heavy atom. The van der Waals surface area contributed by atoms with Crippen molar-refractivity contribution in [2.45, 2.75) is 17.1 Å². The van der Waals surface area contributed by atoms with Crippen LogP contribution >= 0.6 is 21.6 Å². The van der Waals surface area contributed by atoms with Crippen molar-refractivity contribution in [3.05, 3.63) is 34.7 Å². The maximum atomic E-state index is 10.8. The maximum Gasteiger partial charge on any atom is 0.231 e. The van der Waals surface area contributed by atoms with Gasteiger partial charge in [0.15, 0.2) is 0 Å². The van der Waals surface area contributed by atoms with Crippen molar-refractivity contribution >= 4 is 33.2 Å². The highest BCUT2D eigenvalue weighted by atomic mass is 33.1. The van der Waals surface area contributed by atoms with E-state index in [1.807, 2.05) is 12.1 Å². The Hall–Kier alpha value is -1.30. The van der Waals surface area contributed by atoms with Crippen LogP contribution < -0.4 is 5.73 Å². The number of carbonyl (C=O) groups is 1. The van der Waals surface area contributed by atoms with Crippen LogP contribution in [0.2, 0.25) is 0 Å². The Kier molecular flexibility index (Phi) is 5.04. The second-order valence-electron chi connectivity index (χ2n) is 2.91. The van der Waals surface area contributed by atoms with Gasteiger partial charge in [0.2, 0.25) is 5.91 Å². The molecule has 0 fully saturated rings. The predicted molar refractivity (Wildman–Crippen MR) is 67.4 cm³/mol. The van der Waals surface area contributed by atoms with E-state index < -0.39 is 0 Å². The molecule has 1 atom stereocenters. The molecule has 7 heteroatoms. The summed E-state index contributed by atoms with van der Waals surface area (Å²) in [6.07, 6.45) is 0. The summed E-state index contributed by atoms with van der Waals surface area (Å²) < 4.78 is 0. The molecule has 0 aliphatic carbocycles. The molecule has 1 aromatic carbocycles. The number of amides is 1. The van der Waals surface area contributed by atoms with Gasteiger partial charge in [0.1, 0.15) is 0 Å². The highest BCUT2D eigenvalue weighted by Crippen LogP contribution is 2.34. The van der Waals surface area contributed by atoms with Crippen LogP contribution in [0.4, 0.5) is 5.69 Å². The summed E-state index contributed by atoms with van der Waals surface area (Å²) >= 11 is 0. The standard InChI is InChI=1S/C9H10N4OS2/c1-6(9(10)14)15-16-8-4-2-7(3-5-8)12-13-11/h2-6H,1H3,(H2,10,14). The van der Waals surface area contributed by atoms with Crippen LogP contribution in [0.1, 0.15) is 6.92 Å². The fourth-order valence-electron chi connectivity index (χ4n) is 0.795. The molecule has 16 heavy (non-hydrogen) atoms. The van der Waals surface area contributed by atoms with Crippen molar-refractivity contribution in [2.24, 2.45) is 10.8 Å². The molecule has 84 valence electrons. The lowest BCUT2D eigenvalue weighted by molar-refractivity contribution is -0.117. The number of benzene rings is 1. The van der Waals surface area contributed by atoms with Crippen molar-refractivity contribution in [1.82, 2.24) is 0 Å². The van der Waals surface area contributed by atoms with Gasteiger partial charge in [-0.1, -0.05) is 38.8 Å². The highest BCUT2D eigenvalue weighted by molar-refractivity contribution is 8.77. The summed E-state index contributed by atoms with van der Waals surface area (Å²) in [5, 5.41) is 3.23. The minimum absolute atomic E-state index is 0.234. The molecule has 0 aliphatic heterocycles. The molecule has 0 bridgehead atoms. The number of nitrogens with two attached hydrogens (primary N) is 1. The van der Waals surface area contributed by atoms with Gasteiger partial charge in [0, 0.05) is 15.5 Å². The zero-order chi connectivity index (χ0) is 12.0. The number of carbonyl (C=O) groups excluding carboxylic acids is 1. The number of azide groups is 1. The van der Waals surface area contributed by atoms with E-state index in [1.54, 1.807) is 19.1 Å². The second-order valence-corrected chi connectivity index (χ2v) is 5.52. The fourth-order valence-corrected chi connectivity index (χ4v) is 2.78. The lowest BCUT2D eigenvalue weighted by Gasteiger charge is -2.05. The Morgan fingerprint density at radius 3 is 2.62 bits per heavy atom. The lowest BCUT2D eigenvalue weighted by atomic mass is 10.3. The number of hydrogen-bond donors (Lipinski definition) is 1. The molecule has 5 nitrogen and oxygen atoms in total. The molecule has 0 saturated carbocycles. The summed E-state index contributed by atoms with van der Waals surface area (Å²) in [5.74, 6) is -0.330. The molecule has 1 amide bonds. The fraction of sp³-hybridized carbons (Fsp3) is 0.222. The van der Waals surface area contributed by atoms with E-state index in [0.717, 1.165) is 4.90 Å². The van der Waals surface area contributed by atoms with Gasteiger partial charge in [0.05, 0.1) is 5.25 Å². The summed E-state index contributed by atoms with van der Waals surface area (Å²) in [5.41, 5.74) is 13.9. The molecule has 1 aromatic rings. The van der Waals surface area contributed by atoms with Gasteiger partial charge < -0.3 is 5.73 Å². The van der Waals surface area contributed by atoms with E-state index in [9.17, 15) is 4.79 Å². The van der Waals surface area contributed by atoms with E-state index in [0.29, 0.717) is 5.69 Å². The first-order valence-corrected chi connectivity index (χ1v) is 6.62. The summed E-state index contributed by atoms with van der Waals surface area (Å²) in [6.45, 7) is 1.76. The third-order valence-electron chi connectivity index (χ3n) is 1.69. The smallest absolute Gasteiger partial charge is 0.231 e. The molecular weight excluding hydrogens is 244 g/mol. The number of primary amides is 1. The van der Waals surface area contributed by atoms with Gasteiger partial charge >= 0.3 is 0 Å². The molecular formula is C9H10N4OS2. The van der Waals surface area contributed by atoms with Crippen LogP contribution in [0, 0.1) is 0 Å². The predicted octanol–water partition coefficient (Wildman–Crippen LogP) is 3.24. The highest BCUT2D eigenvalue weighted by Gasteiger charge is 2.09. The number of hydrogen-bond acceptors (Lipinski definition) is 4. The van der Waals surface area contributed by atoms with E-state index in [-0.39, 0.29) is 11.2 Å². The van der Waals surface area contributed by atoms with Crippen LogP contribution in [0.15, 0.2) is 34.3 Å². The zero-order valence-electron chi connectivity index (χ0n) is 8.53. The molecule has 0 saturated heterocycles. The zero-order valence-corrected chi connectivity index (χ0v) is 10.2. The van der Waals surface area contributed by atoms with Gasteiger partial charge in [-0.3, -0.25) is 4.79 Å². The topological polar surface area (TPSA) is 91.8 Å². The molecule has 0 aromatic heterocycles. The molecule has 1 rings (SSSR count). The largest absolute Gasteiger partial charge is 0.369 e. The van der Waals surface area contributed by atoms with E-state index >= 15 is 0 Å². The SMILES string of the molecule is CC(SSc1ccc(N=[N+]=[N-])cc1)C(N)=O. The van der Waals surface area contributed by atoms with E-state index in [2.05, 4.69) is 10.0 Å². The number of rotatable bonds is 5. The van der Waals surface area contributed by atoms with Crippen LogP contribution in [0.3, 0.4) is 0 Å².